The van der Waals surface area contributed by atoms with Crippen molar-refractivity contribution in [1.29, 1.82) is 0 Å². The van der Waals surface area contributed by atoms with Gasteiger partial charge in [-0.3, -0.25) is 14.4 Å². The van der Waals surface area contributed by atoms with E-state index in [4.69, 9.17) is 16.2 Å². The van der Waals surface area contributed by atoms with E-state index in [2.05, 4.69) is 5.32 Å². The Kier molecular flexibility index (Phi) is 5.35. The number of aliphatic hydroxyl groups is 1. The van der Waals surface area contributed by atoms with Gasteiger partial charge in [0.15, 0.2) is 0 Å². The normalized spacial score (nSPS) is 38.0. The predicted molar refractivity (Wildman–Crippen MR) is 103 cm³/mol. The Morgan fingerprint density at radius 1 is 1.10 bits per heavy atom. The summed E-state index contributed by atoms with van der Waals surface area (Å²) in [5, 5.41) is 12.7. The van der Waals surface area contributed by atoms with E-state index in [1.54, 1.807) is 4.90 Å². The molecule has 4 aliphatic rings. The zero-order valence-corrected chi connectivity index (χ0v) is 16.8. The molecular formula is C19H29N5O6. The summed E-state index contributed by atoms with van der Waals surface area (Å²) in [6, 6.07) is -1.48. The molecule has 4 rings (SSSR count). The van der Waals surface area contributed by atoms with Crippen molar-refractivity contribution in [3.63, 3.8) is 0 Å². The molecule has 11 heteroatoms. The van der Waals surface area contributed by atoms with Crippen molar-refractivity contribution in [3.8, 4) is 0 Å². The number of urea groups is 1. The first-order valence-electron chi connectivity index (χ1n) is 10.5. The van der Waals surface area contributed by atoms with Gasteiger partial charge in [0, 0.05) is 32.1 Å². The van der Waals surface area contributed by atoms with Gasteiger partial charge in [-0.25, -0.2) is 4.79 Å². The highest BCUT2D eigenvalue weighted by molar-refractivity contribution is 5.87. The summed E-state index contributed by atoms with van der Waals surface area (Å²) in [7, 11) is 0. The Morgan fingerprint density at radius 3 is 2.43 bits per heavy atom. The fourth-order valence-electron chi connectivity index (χ4n) is 5.38. The first-order chi connectivity index (χ1) is 14.2. The van der Waals surface area contributed by atoms with Gasteiger partial charge in [-0.15, -0.1) is 0 Å². The highest BCUT2D eigenvalue weighted by Gasteiger charge is 2.51. The molecule has 3 saturated heterocycles. The number of nitrogens with one attached hydrogen (secondary N) is 1. The monoisotopic (exact) mass is 423 g/mol. The summed E-state index contributed by atoms with van der Waals surface area (Å²) >= 11 is 0. The molecule has 0 aromatic rings. The maximum Gasteiger partial charge on any atom is 0.315 e. The van der Waals surface area contributed by atoms with Gasteiger partial charge in [-0.1, -0.05) is 0 Å². The van der Waals surface area contributed by atoms with E-state index in [9.17, 15) is 24.3 Å². The molecule has 0 bridgehead atoms. The van der Waals surface area contributed by atoms with Gasteiger partial charge < -0.3 is 36.4 Å². The minimum atomic E-state index is -0.748. The Hall–Kier alpha value is -2.40. The second kappa shape index (κ2) is 7.69. The summed E-state index contributed by atoms with van der Waals surface area (Å²) < 4.78 is 5.50. The molecule has 4 fully saturated rings. The highest BCUT2D eigenvalue weighted by atomic mass is 16.5. The van der Waals surface area contributed by atoms with Crippen LogP contribution in [0.1, 0.15) is 38.5 Å². The zero-order chi connectivity index (χ0) is 21.6. The Morgan fingerprint density at radius 2 is 1.80 bits per heavy atom. The van der Waals surface area contributed by atoms with Gasteiger partial charge in [-0.05, 0) is 37.5 Å². The fourth-order valence-corrected chi connectivity index (χ4v) is 5.38. The topological polar surface area (TPSA) is 168 Å². The van der Waals surface area contributed by atoms with Crippen LogP contribution < -0.4 is 16.8 Å². The summed E-state index contributed by atoms with van der Waals surface area (Å²) in [5.41, 5.74) is 10.5. The van der Waals surface area contributed by atoms with Crippen molar-refractivity contribution in [2.45, 2.75) is 68.9 Å². The number of nitrogens with zero attached hydrogens (tertiary/aromatic N) is 2. The van der Waals surface area contributed by atoms with Gasteiger partial charge >= 0.3 is 6.03 Å². The molecule has 0 aromatic carbocycles. The fraction of sp³-hybridized carbons (Fsp3) is 0.789. The Labute approximate surface area is 174 Å². The van der Waals surface area contributed by atoms with Crippen molar-refractivity contribution in [2.75, 3.05) is 19.6 Å². The second-order valence-electron chi connectivity index (χ2n) is 9.11. The number of rotatable bonds is 4. The van der Waals surface area contributed by atoms with Crippen molar-refractivity contribution < 1.29 is 29.0 Å². The van der Waals surface area contributed by atoms with Crippen LogP contribution in [0, 0.1) is 5.41 Å². The quantitative estimate of drug-likeness (QED) is 0.409. The number of primary amides is 2. The molecule has 4 atom stereocenters. The number of likely N-dealkylation sites (tertiary alicyclic amines) is 2. The number of β-amino-alcohol motifs (C(OH)–C–C–N with tert-alkyl or cyclic N) is 1. The third-order valence-corrected chi connectivity index (χ3v) is 6.93. The van der Waals surface area contributed by atoms with Crippen molar-refractivity contribution in [3.05, 3.63) is 0 Å². The minimum absolute atomic E-state index is 0.0200. The molecule has 3 aliphatic heterocycles. The van der Waals surface area contributed by atoms with Crippen molar-refractivity contribution >= 4 is 23.8 Å². The van der Waals surface area contributed by atoms with Gasteiger partial charge in [0.2, 0.25) is 11.8 Å². The Balaban J connectivity index is 1.25. The standard InChI is InChI=1S/C19H29N5O6/c20-15(26)13-1-2-14(30-13)17(28)23-4-3-19(9-23)6-10(7-19)22-16(27)12-5-11(25)8-24(12)18(21)29/h10-14,25H,1-9H2,(H2,20,26)(H2,21,29)(H,22,27)/t10?,11?,12?,13-,14+,19?/m0/s1. The molecule has 5 amide bonds. The number of aliphatic hydroxyl groups excluding tert-OH is 1. The summed E-state index contributed by atoms with van der Waals surface area (Å²) in [4.78, 5) is 51.0. The lowest BCUT2D eigenvalue weighted by Crippen LogP contribution is -2.56. The number of amides is 5. The molecule has 0 radical (unpaired) electrons. The van der Waals surface area contributed by atoms with E-state index in [1.165, 1.54) is 4.90 Å². The van der Waals surface area contributed by atoms with Crippen LogP contribution in [-0.2, 0) is 19.1 Å². The molecule has 11 nitrogen and oxygen atoms in total. The summed E-state index contributed by atoms with van der Waals surface area (Å²) in [6.45, 7) is 1.30. The number of nitrogens with two attached hydrogens (primary N) is 2. The average Bonchev–Trinajstić information content (AvgIpc) is 3.38. The van der Waals surface area contributed by atoms with E-state index >= 15 is 0 Å². The number of carbonyl (C=O) groups excluding carboxylic acids is 4. The average molecular weight is 423 g/mol. The van der Waals surface area contributed by atoms with Crippen LogP contribution in [0.25, 0.3) is 0 Å². The van der Waals surface area contributed by atoms with E-state index in [0.29, 0.717) is 25.9 Å². The first kappa shape index (κ1) is 20.9. The maximum absolute atomic E-state index is 12.7. The van der Waals surface area contributed by atoms with Crippen LogP contribution in [0.2, 0.25) is 0 Å². The molecule has 30 heavy (non-hydrogen) atoms. The van der Waals surface area contributed by atoms with Gasteiger partial charge in [0.1, 0.15) is 18.2 Å². The summed E-state index contributed by atoms with van der Waals surface area (Å²) in [5.74, 6) is -0.932. The van der Waals surface area contributed by atoms with Gasteiger partial charge in [-0.2, -0.15) is 0 Å². The lowest BCUT2D eigenvalue weighted by atomic mass is 9.65. The zero-order valence-electron chi connectivity index (χ0n) is 16.8. The Bertz CT molecular complexity index is 754. The van der Waals surface area contributed by atoms with Crippen LogP contribution in [-0.4, -0.2) is 88.7 Å². The molecule has 166 valence electrons. The molecular weight excluding hydrogens is 394 g/mol. The predicted octanol–water partition coefficient (Wildman–Crippen LogP) is -1.97. The first-order valence-corrected chi connectivity index (χ1v) is 10.5. The molecule has 1 aliphatic carbocycles. The van der Waals surface area contributed by atoms with E-state index in [1.807, 2.05) is 0 Å². The minimum Gasteiger partial charge on any atom is -0.391 e. The van der Waals surface area contributed by atoms with Crippen LogP contribution >= 0.6 is 0 Å². The molecule has 1 saturated carbocycles. The molecule has 0 aromatic heterocycles. The lowest BCUT2D eigenvalue weighted by molar-refractivity contribution is -0.145. The number of ether oxygens (including phenoxy) is 1. The third kappa shape index (κ3) is 3.83. The highest BCUT2D eigenvalue weighted by Crippen LogP contribution is 2.48. The van der Waals surface area contributed by atoms with Crippen molar-refractivity contribution in [2.24, 2.45) is 16.9 Å². The smallest absolute Gasteiger partial charge is 0.315 e. The molecule has 6 N–H and O–H groups in total. The second-order valence-corrected chi connectivity index (χ2v) is 9.11. The maximum atomic E-state index is 12.7. The molecule has 3 heterocycles. The van der Waals surface area contributed by atoms with Gasteiger partial charge in [0.25, 0.3) is 5.91 Å². The lowest BCUT2D eigenvalue weighted by Gasteiger charge is -2.45. The van der Waals surface area contributed by atoms with Crippen LogP contribution in [0.3, 0.4) is 0 Å². The molecule has 1 spiro atoms. The van der Waals surface area contributed by atoms with E-state index in [0.717, 1.165) is 19.3 Å². The molecule has 2 unspecified atom stereocenters. The van der Waals surface area contributed by atoms with Gasteiger partial charge in [0.05, 0.1) is 6.10 Å². The number of hydrogen-bond donors (Lipinski definition) is 4. The summed E-state index contributed by atoms with van der Waals surface area (Å²) in [6.07, 6.45) is 1.47. The number of carbonyl (C=O) groups is 4. The largest absolute Gasteiger partial charge is 0.391 e. The van der Waals surface area contributed by atoms with Crippen LogP contribution in [0.15, 0.2) is 0 Å². The van der Waals surface area contributed by atoms with Crippen molar-refractivity contribution in [1.82, 2.24) is 15.1 Å². The number of hydrogen-bond acceptors (Lipinski definition) is 6. The van der Waals surface area contributed by atoms with E-state index < -0.39 is 36.3 Å². The van der Waals surface area contributed by atoms with E-state index in [-0.39, 0.29) is 36.2 Å². The van der Waals surface area contributed by atoms with Crippen LogP contribution in [0.5, 0.6) is 0 Å². The third-order valence-electron chi connectivity index (χ3n) is 6.93. The van der Waals surface area contributed by atoms with Crippen LogP contribution in [0.4, 0.5) is 4.79 Å². The SMILES string of the molecule is NC(=O)[C@@H]1CC[C@H](C(=O)N2CCC3(CC(NC(=O)C4CC(O)CN4C(N)=O)C3)C2)O1.